The topological polar surface area (TPSA) is 71.8 Å². The zero-order valence-corrected chi connectivity index (χ0v) is 18.3. The Morgan fingerprint density at radius 3 is 2.60 bits per heavy atom. The van der Waals surface area contributed by atoms with Crippen LogP contribution in [0.3, 0.4) is 0 Å². The highest BCUT2D eigenvalue weighted by Gasteiger charge is 2.24. The molecule has 2 aromatic carbocycles. The molecule has 156 valence electrons. The largest absolute Gasteiger partial charge is 0.497 e. The van der Waals surface area contributed by atoms with E-state index >= 15 is 0 Å². The summed E-state index contributed by atoms with van der Waals surface area (Å²) < 4.78 is 11.7. The number of carbonyl (C=O) groups is 1. The average molecular weight is 471 g/mol. The number of amides is 1. The second-order valence-corrected chi connectivity index (χ2v) is 8.27. The molecule has 30 heavy (non-hydrogen) atoms. The maximum absolute atomic E-state index is 12.8. The van der Waals surface area contributed by atoms with Crippen LogP contribution in [-0.2, 0) is 0 Å². The van der Waals surface area contributed by atoms with Crippen LogP contribution >= 0.6 is 15.9 Å². The molecular weight excluding hydrogens is 448 g/mol. The van der Waals surface area contributed by atoms with Crippen LogP contribution in [-0.4, -0.2) is 37.6 Å². The molecule has 1 unspecified atom stereocenters. The monoisotopic (exact) mass is 470 g/mol. The second kappa shape index (κ2) is 9.02. The third-order valence-electron chi connectivity index (χ3n) is 5.45. The molecule has 1 atom stereocenters. The maximum atomic E-state index is 12.8. The number of halogens is 1. The van der Waals surface area contributed by atoms with Crippen LogP contribution in [0.25, 0.3) is 11.0 Å². The summed E-state index contributed by atoms with van der Waals surface area (Å²) in [5.41, 5.74) is 1.26. The minimum absolute atomic E-state index is 0.0144. The molecule has 3 aromatic rings. The minimum Gasteiger partial charge on any atom is -0.497 e. The summed E-state index contributed by atoms with van der Waals surface area (Å²) >= 11 is 3.37. The molecule has 0 saturated carbocycles. The van der Waals surface area contributed by atoms with Crippen molar-refractivity contribution in [3.8, 4) is 5.75 Å². The van der Waals surface area contributed by atoms with Gasteiger partial charge in [0.05, 0.1) is 18.5 Å². The number of methoxy groups -OCH3 is 1. The molecule has 1 N–H and O–H groups in total. The number of nitrogens with zero attached hydrogens (tertiary/aromatic N) is 1. The number of carbonyl (C=O) groups excluding carboxylic acids is 1. The van der Waals surface area contributed by atoms with Gasteiger partial charge in [0.25, 0.3) is 5.91 Å². The molecule has 6 nitrogen and oxygen atoms in total. The Labute approximate surface area is 183 Å². The molecule has 1 fully saturated rings. The molecule has 1 aliphatic heterocycles. The molecule has 0 spiro atoms. The van der Waals surface area contributed by atoms with E-state index in [0.29, 0.717) is 17.5 Å². The van der Waals surface area contributed by atoms with Gasteiger partial charge in [-0.05, 0) is 61.8 Å². The summed E-state index contributed by atoms with van der Waals surface area (Å²) in [7, 11) is 1.64. The molecule has 0 bridgehead atoms. The predicted octanol–water partition coefficient (Wildman–Crippen LogP) is 4.13. The number of fused-ring (bicyclic) bond motifs is 1. The predicted molar refractivity (Wildman–Crippen MR) is 119 cm³/mol. The summed E-state index contributed by atoms with van der Waals surface area (Å²) in [5.74, 6) is 0.416. The van der Waals surface area contributed by atoms with E-state index in [4.69, 9.17) is 9.15 Å². The van der Waals surface area contributed by atoms with Crippen molar-refractivity contribution in [2.24, 2.45) is 0 Å². The van der Waals surface area contributed by atoms with Crippen LogP contribution in [0.1, 0.15) is 35.0 Å². The fraction of sp³-hybridized carbons (Fsp3) is 0.304. The summed E-state index contributed by atoms with van der Waals surface area (Å²) in [6.45, 7) is 2.41. The van der Waals surface area contributed by atoms with Crippen molar-refractivity contribution >= 4 is 32.8 Å². The van der Waals surface area contributed by atoms with Gasteiger partial charge in [-0.3, -0.25) is 14.5 Å². The Kier molecular flexibility index (Phi) is 6.20. The molecular formula is C23H23BrN2O4. The summed E-state index contributed by atoms with van der Waals surface area (Å²) in [5, 5.41) is 3.40. The van der Waals surface area contributed by atoms with E-state index in [2.05, 4.69) is 26.1 Å². The third-order valence-corrected chi connectivity index (χ3v) is 5.95. The normalized spacial score (nSPS) is 15.3. The minimum atomic E-state index is -0.397. The molecule has 7 heteroatoms. The van der Waals surface area contributed by atoms with Crippen LogP contribution < -0.4 is 15.5 Å². The van der Waals surface area contributed by atoms with Gasteiger partial charge in [0.15, 0.2) is 11.2 Å². The fourth-order valence-electron chi connectivity index (χ4n) is 3.85. The smallest absolute Gasteiger partial charge is 0.287 e. The first-order valence-corrected chi connectivity index (χ1v) is 10.7. The van der Waals surface area contributed by atoms with E-state index in [1.807, 2.05) is 24.3 Å². The zero-order chi connectivity index (χ0) is 21.1. The molecule has 0 radical (unpaired) electrons. The van der Waals surface area contributed by atoms with Crippen LogP contribution in [0.15, 0.2) is 62.2 Å². The number of hydrogen-bond donors (Lipinski definition) is 1. The second-order valence-electron chi connectivity index (χ2n) is 7.36. The van der Waals surface area contributed by atoms with E-state index in [1.54, 1.807) is 25.3 Å². The molecule has 2 heterocycles. The van der Waals surface area contributed by atoms with Crippen LogP contribution in [0.5, 0.6) is 5.75 Å². The van der Waals surface area contributed by atoms with Gasteiger partial charge in [0, 0.05) is 17.1 Å². The molecule has 0 aliphatic carbocycles. The standard InChI is InChI=1S/C23H23BrN2O4/c1-29-17-7-4-15(5-8-17)19(26-10-2-3-11-26)14-25-23(28)22-13-20(27)18-9-6-16(24)12-21(18)30-22/h4-9,12-13,19H,2-3,10-11,14H2,1H3,(H,25,28). The van der Waals surface area contributed by atoms with Crippen molar-refractivity contribution < 1.29 is 13.9 Å². The number of benzene rings is 2. The van der Waals surface area contributed by atoms with Crippen LogP contribution in [0.2, 0.25) is 0 Å². The van der Waals surface area contributed by atoms with E-state index in [9.17, 15) is 9.59 Å². The van der Waals surface area contributed by atoms with E-state index in [-0.39, 0.29) is 17.2 Å². The lowest BCUT2D eigenvalue weighted by molar-refractivity contribution is 0.0910. The average Bonchev–Trinajstić information content (AvgIpc) is 3.28. The van der Waals surface area contributed by atoms with E-state index < -0.39 is 5.91 Å². The zero-order valence-electron chi connectivity index (χ0n) is 16.7. The highest BCUT2D eigenvalue weighted by molar-refractivity contribution is 9.10. The number of hydrogen-bond acceptors (Lipinski definition) is 5. The van der Waals surface area contributed by atoms with Crippen molar-refractivity contribution in [3.05, 3.63) is 74.6 Å². The van der Waals surface area contributed by atoms with Crippen molar-refractivity contribution in [1.82, 2.24) is 10.2 Å². The molecule has 4 rings (SSSR count). The first kappa shape index (κ1) is 20.6. The van der Waals surface area contributed by atoms with Crippen molar-refractivity contribution in [1.29, 1.82) is 0 Å². The first-order valence-electron chi connectivity index (χ1n) is 9.95. The first-order chi connectivity index (χ1) is 14.5. The number of likely N-dealkylation sites (tertiary alicyclic amines) is 1. The van der Waals surface area contributed by atoms with Gasteiger partial charge in [0.1, 0.15) is 11.3 Å². The van der Waals surface area contributed by atoms with Gasteiger partial charge in [0.2, 0.25) is 0 Å². The van der Waals surface area contributed by atoms with Crippen molar-refractivity contribution in [2.75, 3.05) is 26.7 Å². The lowest BCUT2D eigenvalue weighted by atomic mass is 10.1. The highest BCUT2D eigenvalue weighted by atomic mass is 79.9. The third kappa shape index (κ3) is 4.42. The summed E-state index contributed by atoms with van der Waals surface area (Å²) in [4.78, 5) is 27.5. The number of ether oxygens (including phenoxy) is 1. The van der Waals surface area contributed by atoms with E-state index in [1.165, 1.54) is 6.07 Å². The van der Waals surface area contributed by atoms with Crippen LogP contribution in [0.4, 0.5) is 0 Å². The highest BCUT2D eigenvalue weighted by Crippen LogP contribution is 2.26. The van der Waals surface area contributed by atoms with Gasteiger partial charge >= 0.3 is 0 Å². The SMILES string of the molecule is COc1ccc(C(CNC(=O)c2cc(=O)c3ccc(Br)cc3o2)N2CCCC2)cc1. The molecule has 1 saturated heterocycles. The summed E-state index contributed by atoms with van der Waals surface area (Å²) in [6, 6.07) is 14.4. The Hall–Kier alpha value is -2.64. The van der Waals surface area contributed by atoms with Crippen LogP contribution in [0, 0.1) is 0 Å². The Morgan fingerprint density at radius 1 is 1.17 bits per heavy atom. The van der Waals surface area contributed by atoms with Crippen molar-refractivity contribution in [3.63, 3.8) is 0 Å². The number of nitrogens with one attached hydrogen (secondary N) is 1. The van der Waals surface area contributed by atoms with Gasteiger partial charge in [-0.2, -0.15) is 0 Å². The van der Waals surface area contributed by atoms with Crippen molar-refractivity contribution in [2.45, 2.75) is 18.9 Å². The molecule has 1 amide bonds. The number of rotatable bonds is 6. The Morgan fingerprint density at radius 2 is 1.90 bits per heavy atom. The van der Waals surface area contributed by atoms with Gasteiger partial charge in [-0.1, -0.05) is 28.1 Å². The Bertz CT molecular complexity index is 1100. The maximum Gasteiger partial charge on any atom is 0.287 e. The quantitative estimate of drug-likeness (QED) is 0.586. The van der Waals surface area contributed by atoms with Gasteiger partial charge < -0.3 is 14.5 Å². The van der Waals surface area contributed by atoms with E-state index in [0.717, 1.165) is 41.7 Å². The van der Waals surface area contributed by atoms with Gasteiger partial charge in [-0.15, -0.1) is 0 Å². The molecule has 1 aromatic heterocycles. The lowest BCUT2D eigenvalue weighted by Gasteiger charge is -2.28. The lowest BCUT2D eigenvalue weighted by Crippen LogP contribution is -2.37. The van der Waals surface area contributed by atoms with Gasteiger partial charge in [-0.25, -0.2) is 0 Å². The summed E-state index contributed by atoms with van der Waals surface area (Å²) in [6.07, 6.45) is 2.30. The molecule has 1 aliphatic rings. The fourth-order valence-corrected chi connectivity index (χ4v) is 4.19. The Balaban J connectivity index is 1.54.